The predicted molar refractivity (Wildman–Crippen MR) is 95.9 cm³/mol. The summed E-state index contributed by atoms with van der Waals surface area (Å²) in [7, 11) is 0. The summed E-state index contributed by atoms with van der Waals surface area (Å²) >= 11 is 4.91. The molecule has 6 heteroatoms. The fraction of sp³-hybridized carbons (Fsp3) is 0.294. The van der Waals surface area contributed by atoms with Crippen LogP contribution in [0.15, 0.2) is 57.0 Å². The average molecular weight is 392 g/mol. The lowest BCUT2D eigenvalue weighted by atomic mass is 10.2. The third kappa shape index (κ3) is 4.34. The van der Waals surface area contributed by atoms with Gasteiger partial charge in [-0.25, -0.2) is 4.98 Å². The topological polar surface area (TPSA) is 45.2 Å². The Hall–Kier alpha value is -1.37. The van der Waals surface area contributed by atoms with Gasteiger partial charge in [0.05, 0.1) is 5.56 Å². The second kappa shape index (κ2) is 7.95. The second-order valence-electron chi connectivity index (χ2n) is 5.31. The number of rotatable bonds is 3. The number of hydrogen-bond donors (Lipinski definition) is 1. The highest BCUT2D eigenvalue weighted by Gasteiger charge is 2.20. The Morgan fingerprint density at radius 3 is 2.87 bits per heavy atom. The molecule has 4 nitrogen and oxygen atoms in total. The molecule has 0 bridgehead atoms. The Balaban J connectivity index is 1.82. The number of amides is 1. The zero-order chi connectivity index (χ0) is 16.1. The fourth-order valence-electron chi connectivity index (χ4n) is 2.49. The number of pyridine rings is 1. The number of halogens is 1. The lowest BCUT2D eigenvalue weighted by Crippen LogP contribution is -2.34. The molecule has 0 spiro atoms. The molecule has 1 aliphatic rings. The number of carbonyl (C=O) groups excluding carboxylic acids is 1. The van der Waals surface area contributed by atoms with Gasteiger partial charge in [0.25, 0.3) is 5.91 Å². The van der Waals surface area contributed by atoms with Crippen molar-refractivity contribution in [1.82, 2.24) is 15.2 Å². The van der Waals surface area contributed by atoms with Crippen molar-refractivity contribution in [3.8, 4) is 0 Å². The highest BCUT2D eigenvalue weighted by atomic mass is 79.9. The molecule has 0 atom stereocenters. The molecule has 1 aromatic heterocycles. The summed E-state index contributed by atoms with van der Waals surface area (Å²) in [6.07, 6.45) is 2.77. The third-order valence-corrected chi connectivity index (χ3v) is 5.16. The van der Waals surface area contributed by atoms with Crippen LogP contribution in [0.1, 0.15) is 16.8 Å². The van der Waals surface area contributed by atoms with Crippen molar-refractivity contribution in [2.45, 2.75) is 16.3 Å². The van der Waals surface area contributed by atoms with Crippen molar-refractivity contribution < 1.29 is 4.79 Å². The van der Waals surface area contributed by atoms with E-state index in [4.69, 9.17) is 0 Å². The third-order valence-electron chi connectivity index (χ3n) is 3.66. The first-order valence-electron chi connectivity index (χ1n) is 7.62. The SMILES string of the molecule is O=C(c1ccccc1Sc1ccc(Br)cn1)N1CCCNCC1. The summed E-state index contributed by atoms with van der Waals surface area (Å²) in [6.45, 7) is 3.40. The van der Waals surface area contributed by atoms with Crippen LogP contribution < -0.4 is 5.32 Å². The summed E-state index contributed by atoms with van der Waals surface area (Å²) in [4.78, 5) is 20.1. The van der Waals surface area contributed by atoms with Crippen molar-refractivity contribution in [3.63, 3.8) is 0 Å². The van der Waals surface area contributed by atoms with E-state index >= 15 is 0 Å². The molecule has 1 aliphatic heterocycles. The maximum Gasteiger partial charge on any atom is 0.255 e. The van der Waals surface area contributed by atoms with Crippen LogP contribution in [0.4, 0.5) is 0 Å². The first kappa shape index (κ1) is 16.5. The first-order chi connectivity index (χ1) is 11.2. The second-order valence-corrected chi connectivity index (χ2v) is 7.29. The Labute approximate surface area is 148 Å². The molecule has 1 N–H and O–H groups in total. The van der Waals surface area contributed by atoms with Crippen molar-refractivity contribution in [1.29, 1.82) is 0 Å². The van der Waals surface area contributed by atoms with Gasteiger partial charge < -0.3 is 10.2 Å². The van der Waals surface area contributed by atoms with Crippen molar-refractivity contribution in [3.05, 3.63) is 52.6 Å². The first-order valence-corrected chi connectivity index (χ1v) is 9.23. The Morgan fingerprint density at radius 1 is 1.17 bits per heavy atom. The minimum absolute atomic E-state index is 0.105. The van der Waals surface area contributed by atoms with Crippen LogP contribution >= 0.6 is 27.7 Å². The summed E-state index contributed by atoms with van der Waals surface area (Å²) in [6, 6.07) is 11.7. The smallest absolute Gasteiger partial charge is 0.255 e. The largest absolute Gasteiger partial charge is 0.337 e. The van der Waals surface area contributed by atoms with Gasteiger partial charge in [-0.15, -0.1) is 0 Å². The Bertz CT molecular complexity index is 670. The zero-order valence-electron chi connectivity index (χ0n) is 12.7. The normalized spacial score (nSPS) is 15.3. The molecule has 0 aliphatic carbocycles. The number of nitrogens with zero attached hydrogens (tertiary/aromatic N) is 2. The van der Waals surface area contributed by atoms with Gasteiger partial charge in [0.2, 0.25) is 0 Å². The van der Waals surface area contributed by atoms with E-state index in [1.165, 1.54) is 11.8 Å². The number of benzene rings is 1. The molecule has 2 aromatic rings. The molecule has 0 unspecified atom stereocenters. The summed E-state index contributed by atoms with van der Waals surface area (Å²) in [5, 5.41) is 4.21. The van der Waals surface area contributed by atoms with E-state index in [2.05, 4.69) is 26.2 Å². The van der Waals surface area contributed by atoms with Crippen LogP contribution in [0, 0.1) is 0 Å². The molecule has 1 saturated heterocycles. The highest BCUT2D eigenvalue weighted by molar-refractivity contribution is 9.10. The Morgan fingerprint density at radius 2 is 2.04 bits per heavy atom. The molecular formula is C17H18BrN3OS. The van der Waals surface area contributed by atoms with Crippen LogP contribution in [0.25, 0.3) is 0 Å². The van der Waals surface area contributed by atoms with Crippen LogP contribution in [0.3, 0.4) is 0 Å². The van der Waals surface area contributed by atoms with E-state index < -0.39 is 0 Å². The van der Waals surface area contributed by atoms with Crippen molar-refractivity contribution >= 4 is 33.6 Å². The van der Waals surface area contributed by atoms with Gasteiger partial charge in [-0.2, -0.15) is 0 Å². The van der Waals surface area contributed by atoms with Gasteiger partial charge in [-0.3, -0.25) is 4.79 Å². The van der Waals surface area contributed by atoms with Gasteiger partial charge in [0.1, 0.15) is 5.03 Å². The molecule has 1 fully saturated rings. The molecule has 1 aromatic carbocycles. The van der Waals surface area contributed by atoms with Gasteiger partial charge in [0, 0.05) is 35.2 Å². The standard InChI is InChI=1S/C17H18BrN3OS/c18-13-6-7-16(20-12-13)23-15-5-2-1-4-14(15)17(22)21-10-3-8-19-9-11-21/h1-2,4-7,12,19H,3,8-11H2. The molecule has 2 heterocycles. The van der Waals surface area contributed by atoms with Gasteiger partial charge in [-0.1, -0.05) is 23.9 Å². The van der Waals surface area contributed by atoms with E-state index in [1.54, 1.807) is 6.20 Å². The van der Waals surface area contributed by atoms with E-state index in [0.29, 0.717) is 0 Å². The maximum absolute atomic E-state index is 12.9. The van der Waals surface area contributed by atoms with E-state index in [0.717, 1.165) is 52.6 Å². The molecule has 120 valence electrons. The quantitative estimate of drug-likeness (QED) is 0.870. The number of hydrogen-bond acceptors (Lipinski definition) is 4. The number of aromatic nitrogens is 1. The van der Waals surface area contributed by atoms with Crippen molar-refractivity contribution in [2.75, 3.05) is 26.2 Å². The minimum atomic E-state index is 0.105. The minimum Gasteiger partial charge on any atom is -0.337 e. The molecule has 23 heavy (non-hydrogen) atoms. The molecule has 1 amide bonds. The van der Waals surface area contributed by atoms with Gasteiger partial charge >= 0.3 is 0 Å². The monoisotopic (exact) mass is 391 g/mol. The van der Waals surface area contributed by atoms with Gasteiger partial charge in [0.15, 0.2) is 0 Å². The lowest BCUT2D eigenvalue weighted by molar-refractivity contribution is 0.0763. The molecule has 0 saturated carbocycles. The average Bonchev–Trinajstić information content (AvgIpc) is 2.86. The highest BCUT2D eigenvalue weighted by Crippen LogP contribution is 2.30. The number of carbonyl (C=O) groups is 1. The molecule has 0 radical (unpaired) electrons. The van der Waals surface area contributed by atoms with Crippen LogP contribution in [0.5, 0.6) is 0 Å². The Kier molecular flexibility index (Phi) is 5.70. The summed E-state index contributed by atoms with van der Waals surface area (Å²) in [5.41, 5.74) is 0.754. The zero-order valence-corrected chi connectivity index (χ0v) is 15.1. The van der Waals surface area contributed by atoms with E-state index in [1.807, 2.05) is 41.3 Å². The lowest BCUT2D eigenvalue weighted by Gasteiger charge is -2.21. The maximum atomic E-state index is 12.9. The van der Waals surface area contributed by atoms with E-state index in [-0.39, 0.29) is 5.91 Å². The van der Waals surface area contributed by atoms with E-state index in [9.17, 15) is 4.79 Å². The molecular weight excluding hydrogens is 374 g/mol. The van der Waals surface area contributed by atoms with Gasteiger partial charge in [-0.05, 0) is 53.2 Å². The van der Waals surface area contributed by atoms with Crippen LogP contribution in [-0.4, -0.2) is 42.0 Å². The van der Waals surface area contributed by atoms with Crippen molar-refractivity contribution in [2.24, 2.45) is 0 Å². The predicted octanol–water partition coefficient (Wildman–Crippen LogP) is 3.43. The molecule has 3 rings (SSSR count). The van der Waals surface area contributed by atoms with Crippen LogP contribution in [-0.2, 0) is 0 Å². The number of nitrogens with one attached hydrogen (secondary N) is 1. The summed E-state index contributed by atoms with van der Waals surface area (Å²) < 4.78 is 0.947. The van der Waals surface area contributed by atoms with Crippen LogP contribution in [0.2, 0.25) is 0 Å². The summed E-state index contributed by atoms with van der Waals surface area (Å²) in [5.74, 6) is 0.105. The fourth-order valence-corrected chi connectivity index (χ4v) is 3.60.